The van der Waals surface area contributed by atoms with Crippen LogP contribution >= 0.6 is 0 Å². The van der Waals surface area contributed by atoms with Crippen molar-refractivity contribution in [3.8, 4) is 0 Å². The van der Waals surface area contributed by atoms with Crippen LogP contribution in [0.1, 0.15) is 40.5 Å². The maximum atomic E-state index is 12.0. The van der Waals surface area contributed by atoms with E-state index in [1.807, 2.05) is 27.7 Å². The van der Waals surface area contributed by atoms with E-state index in [1.165, 1.54) is 0 Å². The van der Waals surface area contributed by atoms with Crippen LogP contribution in [0.15, 0.2) is 25.3 Å². The lowest BCUT2D eigenvalue weighted by molar-refractivity contribution is -0.167. The van der Waals surface area contributed by atoms with Crippen LogP contribution in [0.5, 0.6) is 0 Å². The zero-order valence-electron chi connectivity index (χ0n) is 12.5. The molecule has 0 saturated carbocycles. The number of ether oxygens (including phenoxy) is 1. The minimum Gasteiger partial charge on any atom is -0.393 e. The number of hydrogen-bond acceptors (Lipinski definition) is 3. The smallest absolute Gasteiger partial charge is 0.317 e. The van der Waals surface area contributed by atoms with Gasteiger partial charge in [-0.05, 0) is 24.7 Å². The van der Waals surface area contributed by atoms with Gasteiger partial charge in [0.1, 0.15) is 0 Å². The molecule has 0 saturated heterocycles. The summed E-state index contributed by atoms with van der Waals surface area (Å²) in [7, 11) is 0. The lowest BCUT2D eigenvalue weighted by atomic mass is 9.91. The average molecular weight is 266 g/mol. The van der Waals surface area contributed by atoms with Crippen molar-refractivity contribution in [2.24, 2.45) is 23.7 Å². The fourth-order valence-corrected chi connectivity index (χ4v) is 1.89. The van der Waals surface area contributed by atoms with Crippen molar-refractivity contribution < 1.29 is 14.3 Å². The summed E-state index contributed by atoms with van der Waals surface area (Å²) in [4.78, 5) is 24.0. The van der Waals surface area contributed by atoms with Gasteiger partial charge in [-0.3, -0.25) is 9.59 Å². The fourth-order valence-electron chi connectivity index (χ4n) is 1.89. The molecule has 3 heteroatoms. The van der Waals surface area contributed by atoms with Gasteiger partial charge in [0.15, 0.2) is 0 Å². The highest BCUT2D eigenvalue weighted by atomic mass is 16.6. The molecule has 0 N–H and O–H groups in total. The Labute approximate surface area is 116 Å². The monoisotopic (exact) mass is 266 g/mol. The third-order valence-electron chi connectivity index (χ3n) is 3.26. The van der Waals surface area contributed by atoms with Crippen molar-refractivity contribution in [3.05, 3.63) is 25.3 Å². The highest BCUT2D eigenvalue weighted by Gasteiger charge is 2.29. The largest absolute Gasteiger partial charge is 0.393 e. The SMILES string of the molecule is C=CCC(C(=O)OC(=O)C(CC=C)C(C)C)C(C)C. The van der Waals surface area contributed by atoms with E-state index in [0.29, 0.717) is 12.8 Å². The van der Waals surface area contributed by atoms with E-state index < -0.39 is 11.9 Å². The van der Waals surface area contributed by atoms with Gasteiger partial charge in [-0.2, -0.15) is 0 Å². The summed E-state index contributed by atoms with van der Waals surface area (Å²) >= 11 is 0. The van der Waals surface area contributed by atoms with E-state index in [-0.39, 0.29) is 23.7 Å². The molecule has 0 aromatic heterocycles. The van der Waals surface area contributed by atoms with E-state index in [9.17, 15) is 9.59 Å². The van der Waals surface area contributed by atoms with Crippen LogP contribution in [0, 0.1) is 23.7 Å². The Morgan fingerprint density at radius 1 is 0.895 bits per heavy atom. The van der Waals surface area contributed by atoms with Gasteiger partial charge in [-0.1, -0.05) is 39.8 Å². The number of hydrogen-bond donors (Lipinski definition) is 0. The van der Waals surface area contributed by atoms with E-state index in [1.54, 1.807) is 12.2 Å². The first-order valence-electron chi connectivity index (χ1n) is 6.82. The Kier molecular flexibility index (Phi) is 8.05. The highest BCUT2D eigenvalue weighted by molar-refractivity contribution is 5.88. The summed E-state index contributed by atoms with van der Waals surface area (Å²) in [6.45, 7) is 15.0. The molecule has 0 spiro atoms. The lowest BCUT2D eigenvalue weighted by Gasteiger charge is -2.21. The van der Waals surface area contributed by atoms with Gasteiger partial charge in [0.2, 0.25) is 0 Å². The molecule has 0 bridgehead atoms. The normalized spacial score (nSPS) is 14.0. The molecule has 2 unspecified atom stereocenters. The predicted molar refractivity (Wildman–Crippen MR) is 77.4 cm³/mol. The van der Waals surface area contributed by atoms with Gasteiger partial charge in [0, 0.05) is 0 Å². The van der Waals surface area contributed by atoms with E-state index in [0.717, 1.165) is 0 Å². The molecular formula is C16H26O3. The molecule has 0 aromatic rings. The zero-order chi connectivity index (χ0) is 15.0. The van der Waals surface area contributed by atoms with Crippen LogP contribution in [0.2, 0.25) is 0 Å². The molecule has 108 valence electrons. The second-order valence-electron chi connectivity index (χ2n) is 5.49. The quantitative estimate of drug-likeness (QED) is 0.382. The maximum Gasteiger partial charge on any atom is 0.317 e. The van der Waals surface area contributed by atoms with Crippen LogP contribution in [-0.2, 0) is 14.3 Å². The van der Waals surface area contributed by atoms with Gasteiger partial charge in [0.05, 0.1) is 11.8 Å². The van der Waals surface area contributed by atoms with Crippen LogP contribution in [0.3, 0.4) is 0 Å². The first-order valence-corrected chi connectivity index (χ1v) is 6.82. The minimum atomic E-state index is -0.449. The van der Waals surface area contributed by atoms with Gasteiger partial charge >= 0.3 is 11.9 Å². The summed E-state index contributed by atoms with van der Waals surface area (Å²) in [6, 6.07) is 0. The Hall–Kier alpha value is -1.38. The zero-order valence-corrected chi connectivity index (χ0v) is 12.5. The maximum absolute atomic E-state index is 12.0. The standard InChI is InChI=1S/C16H26O3/c1-7-9-13(11(3)4)15(17)19-16(18)14(10-8-2)12(5)6/h7-8,11-14H,1-2,9-10H2,3-6H3. The van der Waals surface area contributed by atoms with E-state index >= 15 is 0 Å². The first kappa shape index (κ1) is 17.6. The van der Waals surface area contributed by atoms with Crippen LogP contribution in [0.25, 0.3) is 0 Å². The molecule has 19 heavy (non-hydrogen) atoms. The molecule has 3 nitrogen and oxygen atoms in total. The summed E-state index contributed by atoms with van der Waals surface area (Å²) in [5.74, 6) is -1.27. The van der Waals surface area contributed by atoms with Crippen molar-refractivity contribution in [1.82, 2.24) is 0 Å². The Bertz CT molecular complexity index is 297. The van der Waals surface area contributed by atoms with Gasteiger partial charge < -0.3 is 4.74 Å². The molecule has 0 aromatic carbocycles. The number of rotatable bonds is 8. The molecule has 0 radical (unpaired) electrons. The van der Waals surface area contributed by atoms with Crippen molar-refractivity contribution in [2.45, 2.75) is 40.5 Å². The molecule has 0 rings (SSSR count). The van der Waals surface area contributed by atoms with Crippen molar-refractivity contribution in [3.63, 3.8) is 0 Å². The molecular weight excluding hydrogens is 240 g/mol. The van der Waals surface area contributed by atoms with Gasteiger partial charge in [-0.25, -0.2) is 0 Å². The van der Waals surface area contributed by atoms with Crippen LogP contribution < -0.4 is 0 Å². The van der Waals surface area contributed by atoms with Crippen molar-refractivity contribution in [2.75, 3.05) is 0 Å². The molecule has 0 heterocycles. The summed E-state index contributed by atoms with van der Waals surface area (Å²) < 4.78 is 5.03. The van der Waals surface area contributed by atoms with Crippen LogP contribution in [0.4, 0.5) is 0 Å². The topological polar surface area (TPSA) is 43.4 Å². The molecule has 0 aliphatic rings. The minimum absolute atomic E-state index is 0.121. The number of carbonyl (C=O) groups is 2. The summed E-state index contributed by atoms with van der Waals surface area (Å²) in [5, 5.41) is 0. The second-order valence-corrected chi connectivity index (χ2v) is 5.49. The van der Waals surface area contributed by atoms with E-state index in [4.69, 9.17) is 4.74 Å². The van der Waals surface area contributed by atoms with Gasteiger partial charge in [0.25, 0.3) is 0 Å². The van der Waals surface area contributed by atoms with E-state index in [2.05, 4.69) is 13.2 Å². The Morgan fingerprint density at radius 3 is 1.42 bits per heavy atom. The molecule has 2 atom stereocenters. The molecule has 0 aliphatic carbocycles. The predicted octanol–water partition coefficient (Wildman–Crippen LogP) is 3.75. The average Bonchev–Trinajstić information content (AvgIpc) is 2.31. The third-order valence-corrected chi connectivity index (χ3v) is 3.26. The Balaban J connectivity index is 4.71. The number of allylic oxidation sites excluding steroid dienone is 2. The lowest BCUT2D eigenvalue weighted by Crippen LogP contribution is -2.30. The number of carbonyl (C=O) groups excluding carboxylic acids is 2. The van der Waals surface area contributed by atoms with Crippen LogP contribution in [-0.4, -0.2) is 11.9 Å². The van der Waals surface area contributed by atoms with Crippen molar-refractivity contribution >= 4 is 11.9 Å². The molecule has 0 aliphatic heterocycles. The first-order chi connectivity index (χ1) is 8.84. The third kappa shape index (κ3) is 5.86. The fraction of sp³-hybridized carbons (Fsp3) is 0.625. The molecule has 0 amide bonds. The van der Waals surface area contributed by atoms with Gasteiger partial charge in [-0.15, -0.1) is 13.2 Å². The highest BCUT2D eigenvalue weighted by Crippen LogP contribution is 2.21. The Morgan fingerprint density at radius 2 is 1.21 bits per heavy atom. The second kappa shape index (κ2) is 8.68. The summed E-state index contributed by atoms with van der Waals surface area (Å²) in [6.07, 6.45) is 4.41. The van der Waals surface area contributed by atoms with Crippen molar-refractivity contribution in [1.29, 1.82) is 0 Å². The summed E-state index contributed by atoms with van der Waals surface area (Å²) in [5.41, 5.74) is 0. The number of esters is 2. The molecule has 0 fully saturated rings.